The fourth-order valence-electron chi connectivity index (χ4n) is 5.45. The van der Waals surface area contributed by atoms with Crippen molar-refractivity contribution >= 4 is 29.1 Å². The molecule has 6 rings (SSSR count). The van der Waals surface area contributed by atoms with Gasteiger partial charge in [0.2, 0.25) is 29.0 Å². The third-order valence-electron chi connectivity index (χ3n) is 7.02. The highest BCUT2D eigenvalue weighted by molar-refractivity contribution is 6.37. The minimum Gasteiger partial charge on any atom is -0.349 e. The van der Waals surface area contributed by atoms with Crippen LogP contribution in [0.4, 0.5) is 10.1 Å². The first-order chi connectivity index (χ1) is 16.4. The zero-order valence-electron chi connectivity index (χ0n) is 18.0. The highest BCUT2D eigenvalue weighted by Gasteiger charge is 2.75. The van der Waals surface area contributed by atoms with E-state index in [1.165, 1.54) is 30.3 Å². The summed E-state index contributed by atoms with van der Waals surface area (Å²) in [5.74, 6) is -5.95. The Balaban J connectivity index is 1.56. The monoisotopic (exact) mass is 455 g/mol. The molecule has 3 aromatic carbocycles. The van der Waals surface area contributed by atoms with Gasteiger partial charge in [-0.05, 0) is 25.1 Å². The third-order valence-corrected chi connectivity index (χ3v) is 7.02. The van der Waals surface area contributed by atoms with Crippen LogP contribution < -0.4 is 4.90 Å². The first-order valence-corrected chi connectivity index (χ1v) is 10.9. The molecule has 2 aliphatic heterocycles. The normalized spacial score (nSPS) is 24.8. The number of benzene rings is 3. The second-order valence-electron chi connectivity index (χ2n) is 8.85. The largest absolute Gasteiger partial charge is 0.349 e. The summed E-state index contributed by atoms with van der Waals surface area (Å²) in [6.45, 7) is 1.87. The van der Waals surface area contributed by atoms with Crippen molar-refractivity contribution in [3.8, 4) is 0 Å². The molecule has 2 fully saturated rings. The summed E-state index contributed by atoms with van der Waals surface area (Å²) in [6.07, 6.45) is -1.28. The number of rotatable bonds is 2. The lowest BCUT2D eigenvalue weighted by Gasteiger charge is -2.27. The Bertz CT molecular complexity index is 1380. The molecule has 3 atom stereocenters. The van der Waals surface area contributed by atoms with E-state index in [1.54, 1.807) is 42.5 Å². The Labute approximate surface area is 193 Å². The fraction of sp³-hybridized carbons (Fsp3) is 0.185. The van der Waals surface area contributed by atoms with Crippen molar-refractivity contribution in [1.29, 1.82) is 0 Å². The summed E-state index contributed by atoms with van der Waals surface area (Å²) in [4.78, 5) is 55.8. The molecule has 2 heterocycles. The summed E-state index contributed by atoms with van der Waals surface area (Å²) < 4.78 is 20.9. The van der Waals surface area contributed by atoms with Crippen LogP contribution in [0.15, 0.2) is 72.8 Å². The van der Waals surface area contributed by atoms with Crippen molar-refractivity contribution in [2.75, 3.05) is 4.90 Å². The summed E-state index contributed by atoms with van der Waals surface area (Å²) in [5.41, 5.74) is -0.661. The van der Waals surface area contributed by atoms with Crippen LogP contribution in [0.2, 0.25) is 0 Å². The van der Waals surface area contributed by atoms with E-state index in [4.69, 9.17) is 4.74 Å². The Hall–Kier alpha value is -3.97. The molecule has 2 saturated heterocycles. The molecule has 168 valence electrons. The number of ketones is 2. The van der Waals surface area contributed by atoms with Crippen LogP contribution in [0.5, 0.6) is 0 Å². The van der Waals surface area contributed by atoms with Gasteiger partial charge in [-0.2, -0.15) is 0 Å². The van der Waals surface area contributed by atoms with Crippen LogP contribution in [0, 0.1) is 24.6 Å². The number of nitrogens with zero attached hydrogens (tertiary/aromatic N) is 1. The molecule has 2 amide bonds. The lowest BCUT2D eigenvalue weighted by atomic mass is 9.77. The van der Waals surface area contributed by atoms with E-state index in [-0.39, 0.29) is 16.7 Å². The molecule has 0 N–H and O–H groups in total. The van der Waals surface area contributed by atoms with Crippen molar-refractivity contribution in [2.24, 2.45) is 11.8 Å². The predicted molar refractivity (Wildman–Crippen MR) is 119 cm³/mol. The van der Waals surface area contributed by atoms with Gasteiger partial charge in [0.15, 0.2) is 0 Å². The van der Waals surface area contributed by atoms with Crippen LogP contribution in [-0.2, 0) is 14.3 Å². The number of ether oxygens (including phenoxy) is 1. The SMILES string of the molecule is Cc1ccc(N2C(=O)[C@@H]3[C@@H](c4ccccc4F)OC4(C(=O)c5ccccc5C4=O)[C@@H]3C2=O)cc1. The second kappa shape index (κ2) is 7.01. The number of carbonyl (C=O) groups excluding carboxylic acids is 4. The summed E-state index contributed by atoms with van der Waals surface area (Å²) >= 11 is 0. The maximum atomic E-state index is 14.9. The Kier molecular flexibility index (Phi) is 4.25. The van der Waals surface area contributed by atoms with Gasteiger partial charge in [0.05, 0.1) is 23.6 Å². The molecular formula is C27H18FNO5. The van der Waals surface area contributed by atoms with Gasteiger partial charge in [0.1, 0.15) is 5.82 Å². The molecule has 0 bridgehead atoms. The Morgan fingerprint density at radius 2 is 1.38 bits per heavy atom. The van der Waals surface area contributed by atoms with Gasteiger partial charge >= 0.3 is 0 Å². The van der Waals surface area contributed by atoms with E-state index >= 15 is 0 Å². The minimum atomic E-state index is -2.21. The van der Waals surface area contributed by atoms with Crippen LogP contribution >= 0.6 is 0 Å². The quantitative estimate of drug-likeness (QED) is 0.433. The average Bonchev–Trinajstić information content (AvgIpc) is 3.40. The van der Waals surface area contributed by atoms with E-state index < -0.39 is 52.7 Å². The second-order valence-corrected chi connectivity index (χ2v) is 8.85. The maximum absolute atomic E-state index is 14.9. The van der Waals surface area contributed by atoms with E-state index in [0.29, 0.717) is 5.69 Å². The number of carbonyl (C=O) groups is 4. The van der Waals surface area contributed by atoms with Crippen molar-refractivity contribution in [1.82, 2.24) is 0 Å². The molecule has 0 saturated carbocycles. The molecule has 3 aliphatic rings. The van der Waals surface area contributed by atoms with Crippen molar-refractivity contribution < 1.29 is 28.3 Å². The molecule has 0 unspecified atom stereocenters. The number of Topliss-reactive ketones (excluding diaryl/α,β-unsaturated/α-hetero) is 2. The molecule has 3 aromatic rings. The lowest BCUT2D eigenvalue weighted by molar-refractivity contribution is -0.127. The number of fused-ring (bicyclic) bond motifs is 3. The first kappa shape index (κ1) is 20.6. The van der Waals surface area contributed by atoms with E-state index in [1.807, 2.05) is 6.92 Å². The Morgan fingerprint density at radius 1 is 0.794 bits per heavy atom. The molecule has 0 aromatic heterocycles. The molecular weight excluding hydrogens is 437 g/mol. The van der Waals surface area contributed by atoms with Gasteiger partial charge in [-0.15, -0.1) is 0 Å². The molecule has 1 aliphatic carbocycles. The number of imide groups is 1. The topological polar surface area (TPSA) is 80.8 Å². The standard InChI is InChI=1S/C27H18FNO5/c1-14-10-12-15(13-11-14)29-25(32)20-21(26(29)33)27(34-22(20)18-8-4-5-9-19(18)28)23(30)16-6-2-3-7-17(16)24(27)31/h2-13,20-22H,1H3/t20-,21-,22+/m0/s1. The predicted octanol–water partition coefficient (Wildman–Crippen LogP) is 3.83. The number of aryl methyl sites for hydroxylation is 1. The Morgan fingerprint density at radius 3 is 2.00 bits per heavy atom. The highest BCUT2D eigenvalue weighted by atomic mass is 19.1. The number of hydrogen-bond donors (Lipinski definition) is 0. The zero-order valence-corrected chi connectivity index (χ0v) is 18.0. The summed E-state index contributed by atoms with van der Waals surface area (Å²) in [6, 6.07) is 18.7. The van der Waals surface area contributed by atoms with Crippen molar-refractivity contribution in [3.63, 3.8) is 0 Å². The van der Waals surface area contributed by atoms with Crippen LogP contribution in [0.25, 0.3) is 0 Å². The van der Waals surface area contributed by atoms with E-state index in [0.717, 1.165) is 10.5 Å². The van der Waals surface area contributed by atoms with Crippen molar-refractivity contribution in [3.05, 3.63) is 101 Å². The number of halogens is 1. The number of hydrogen-bond acceptors (Lipinski definition) is 5. The molecule has 1 spiro atoms. The summed E-state index contributed by atoms with van der Waals surface area (Å²) in [7, 11) is 0. The maximum Gasteiger partial charge on any atom is 0.241 e. The average molecular weight is 455 g/mol. The smallest absolute Gasteiger partial charge is 0.241 e. The fourth-order valence-corrected chi connectivity index (χ4v) is 5.45. The van der Waals surface area contributed by atoms with E-state index in [2.05, 4.69) is 0 Å². The third kappa shape index (κ3) is 2.47. The molecule has 7 heteroatoms. The number of amides is 2. The summed E-state index contributed by atoms with van der Waals surface area (Å²) in [5, 5.41) is 0. The van der Waals surface area contributed by atoms with Crippen LogP contribution in [0.3, 0.4) is 0 Å². The number of anilines is 1. The van der Waals surface area contributed by atoms with Gasteiger partial charge < -0.3 is 4.74 Å². The molecule has 6 nitrogen and oxygen atoms in total. The first-order valence-electron chi connectivity index (χ1n) is 10.9. The van der Waals surface area contributed by atoms with Gasteiger partial charge in [-0.25, -0.2) is 9.29 Å². The zero-order chi connectivity index (χ0) is 23.8. The lowest BCUT2D eigenvalue weighted by Crippen LogP contribution is -2.51. The molecule has 0 radical (unpaired) electrons. The molecule has 34 heavy (non-hydrogen) atoms. The van der Waals surface area contributed by atoms with Gasteiger partial charge in [0, 0.05) is 16.7 Å². The van der Waals surface area contributed by atoms with Crippen LogP contribution in [-0.4, -0.2) is 29.0 Å². The van der Waals surface area contributed by atoms with Crippen molar-refractivity contribution in [2.45, 2.75) is 18.6 Å². The van der Waals surface area contributed by atoms with Gasteiger partial charge in [-0.3, -0.25) is 19.2 Å². The van der Waals surface area contributed by atoms with Crippen LogP contribution in [0.1, 0.15) is 37.9 Å². The minimum absolute atomic E-state index is 0.0258. The highest BCUT2D eigenvalue weighted by Crippen LogP contribution is 2.57. The van der Waals surface area contributed by atoms with E-state index in [9.17, 15) is 23.6 Å². The van der Waals surface area contributed by atoms with Gasteiger partial charge in [-0.1, -0.05) is 60.2 Å². The van der Waals surface area contributed by atoms with Gasteiger partial charge in [0.25, 0.3) is 0 Å².